The van der Waals surface area contributed by atoms with Crippen LogP contribution in [-0.2, 0) is 5.54 Å². The Hall–Kier alpha value is -0.960. The Kier molecular flexibility index (Phi) is 2.27. The average molecular weight is 191 g/mol. The number of aryl methyl sites for hydroxylation is 1. The molecular weight excluding hydrogens is 174 g/mol. The first kappa shape index (κ1) is 9.59. The third-order valence-corrected chi connectivity index (χ3v) is 3.08. The highest BCUT2D eigenvalue weighted by atomic mass is 14.9. The van der Waals surface area contributed by atoms with Gasteiger partial charge in [-0.05, 0) is 38.2 Å². The van der Waals surface area contributed by atoms with Crippen LogP contribution in [0.1, 0.15) is 37.7 Å². The van der Waals surface area contributed by atoms with Crippen molar-refractivity contribution in [3.05, 3.63) is 23.8 Å². The van der Waals surface area contributed by atoms with Crippen LogP contribution in [0, 0.1) is 12.8 Å². The lowest BCUT2D eigenvalue weighted by Gasteiger charge is -2.23. The summed E-state index contributed by atoms with van der Waals surface area (Å²) in [5, 5.41) is 0. The maximum atomic E-state index is 6.35. The predicted octanol–water partition coefficient (Wildman–Crippen LogP) is 1.76. The van der Waals surface area contributed by atoms with E-state index >= 15 is 0 Å². The van der Waals surface area contributed by atoms with Gasteiger partial charge < -0.3 is 5.73 Å². The number of nitrogens with two attached hydrogens (primary N) is 1. The third kappa shape index (κ3) is 1.64. The molecule has 0 bridgehead atoms. The van der Waals surface area contributed by atoms with E-state index in [2.05, 4.69) is 16.9 Å². The van der Waals surface area contributed by atoms with Crippen LogP contribution in [0.5, 0.6) is 0 Å². The van der Waals surface area contributed by atoms with Gasteiger partial charge in [0.15, 0.2) is 0 Å². The fourth-order valence-electron chi connectivity index (χ4n) is 2.30. The summed E-state index contributed by atoms with van der Waals surface area (Å²) in [4.78, 5) is 8.52. The Labute approximate surface area is 84.8 Å². The largest absolute Gasteiger partial charge is 0.320 e. The van der Waals surface area contributed by atoms with Gasteiger partial charge in [-0.3, -0.25) is 0 Å². The van der Waals surface area contributed by atoms with Gasteiger partial charge in [-0.1, -0.05) is 6.92 Å². The number of hydrogen-bond acceptors (Lipinski definition) is 3. The molecule has 3 heteroatoms. The number of hydrogen-bond donors (Lipinski definition) is 1. The van der Waals surface area contributed by atoms with Crippen LogP contribution in [-0.4, -0.2) is 9.97 Å². The minimum atomic E-state index is -0.201. The Morgan fingerprint density at radius 1 is 1.57 bits per heavy atom. The molecule has 0 aromatic carbocycles. The van der Waals surface area contributed by atoms with Crippen LogP contribution < -0.4 is 5.73 Å². The summed E-state index contributed by atoms with van der Waals surface area (Å²) in [7, 11) is 0. The molecule has 2 N–H and O–H groups in total. The van der Waals surface area contributed by atoms with Crippen molar-refractivity contribution in [2.45, 2.75) is 38.6 Å². The van der Waals surface area contributed by atoms with Crippen LogP contribution in [0.25, 0.3) is 0 Å². The van der Waals surface area contributed by atoms with Gasteiger partial charge >= 0.3 is 0 Å². The second kappa shape index (κ2) is 3.31. The van der Waals surface area contributed by atoms with Gasteiger partial charge in [-0.15, -0.1) is 0 Å². The van der Waals surface area contributed by atoms with E-state index < -0.39 is 0 Å². The van der Waals surface area contributed by atoms with Crippen LogP contribution in [0.15, 0.2) is 12.3 Å². The second-order valence-electron chi connectivity index (χ2n) is 4.49. The first-order valence-corrected chi connectivity index (χ1v) is 5.19. The number of rotatable bonds is 1. The quantitative estimate of drug-likeness (QED) is 0.736. The minimum Gasteiger partial charge on any atom is -0.320 e. The summed E-state index contributed by atoms with van der Waals surface area (Å²) in [5.41, 5.74) is 7.16. The van der Waals surface area contributed by atoms with Crippen molar-refractivity contribution in [1.29, 1.82) is 0 Å². The van der Waals surface area contributed by atoms with Gasteiger partial charge in [0.05, 0.1) is 11.2 Å². The lowest BCUT2D eigenvalue weighted by Crippen LogP contribution is -2.34. The van der Waals surface area contributed by atoms with Crippen LogP contribution in [0.2, 0.25) is 0 Å². The molecule has 14 heavy (non-hydrogen) atoms. The molecule has 1 aromatic heterocycles. The molecule has 76 valence electrons. The predicted molar refractivity (Wildman–Crippen MR) is 55.6 cm³/mol. The molecule has 1 fully saturated rings. The topological polar surface area (TPSA) is 51.8 Å². The van der Waals surface area contributed by atoms with E-state index in [4.69, 9.17) is 5.73 Å². The highest BCUT2D eigenvalue weighted by molar-refractivity contribution is 5.16. The highest BCUT2D eigenvalue weighted by Crippen LogP contribution is 2.38. The minimum absolute atomic E-state index is 0.201. The van der Waals surface area contributed by atoms with Crippen molar-refractivity contribution >= 4 is 0 Å². The monoisotopic (exact) mass is 191 g/mol. The van der Waals surface area contributed by atoms with E-state index in [0.29, 0.717) is 0 Å². The zero-order valence-electron chi connectivity index (χ0n) is 8.83. The molecule has 2 atom stereocenters. The van der Waals surface area contributed by atoms with Gasteiger partial charge in [0, 0.05) is 6.20 Å². The summed E-state index contributed by atoms with van der Waals surface area (Å²) < 4.78 is 0. The average Bonchev–Trinajstić information content (AvgIpc) is 2.48. The molecule has 3 nitrogen and oxygen atoms in total. The molecule has 2 unspecified atom stereocenters. The smallest absolute Gasteiger partial charge is 0.125 e. The third-order valence-electron chi connectivity index (χ3n) is 3.08. The summed E-state index contributed by atoms with van der Waals surface area (Å²) in [6.07, 6.45) is 5.10. The molecule has 1 aliphatic carbocycles. The Morgan fingerprint density at radius 3 is 2.93 bits per heavy atom. The van der Waals surface area contributed by atoms with Crippen molar-refractivity contribution in [2.75, 3.05) is 0 Å². The molecule has 1 heterocycles. The van der Waals surface area contributed by atoms with Gasteiger partial charge in [-0.25, -0.2) is 9.97 Å². The van der Waals surface area contributed by atoms with Crippen LogP contribution in [0.4, 0.5) is 0 Å². The van der Waals surface area contributed by atoms with E-state index in [1.807, 2.05) is 13.0 Å². The summed E-state index contributed by atoms with van der Waals surface area (Å²) >= 11 is 0. The maximum absolute atomic E-state index is 6.35. The standard InChI is InChI=1S/C11H17N3/c1-8-3-5-11(12,7-8)10-4-6-13-9(2)14-10/h4,6,8H,3,5,7,12H2,1-2H3. The molecule has 0 saturated heterocycles. The Balaban J connectivity index is 2.30. The highest BCUT2D eigenvalue weighted by Gasteiger charge is 2.36. The van der Waals surface area contributed by atoms with Crippen LogP contribution in [0.3, 0.4) is 0 Å². The summed E-state index contributed by atoms with van der Waals surface area (Å²) in [5.74, 6) is 1.53. The van der Waals surface area contributed by atoms with E-state index in [1.54, 1.807) is 6.20 Å². The fraction of sp³-hybridized carbons (Fsp3) is 0.636. The SMILES string of the molecule is Cc1nccc(C2(N)CCC(C)C2)n1. The van der Waals surface area contributed by atoms with E-state index in [9.17, 15) is 0 Å². The van der Waals surface area contributed by atoms with Gasteiger partial charge in [0.2, 0.25) is 0 Å². The van der Waals surface area contributed by atoms with E-state index in [-0.39, 0.29) is 5.54 Å². The molecule has 2 rings (SSSR count). The van der Waals surface area contributed by atoms with Gasteiger partial charge in [0.25, 0.3) is 0 Å². The first-order valence-electron chi connectivity index (χ1n) is 5.19. The number of nitrogens with zero attached hydrogens (tertiary/aromatic N) is 2. The number of aromatic nitrogens is 2. The molecule has 1 saturated carbocycles. The van der Waals surface area contributed by atoms with Crippen molar-refractivity contribution in [2.24, 2.45) is 11.7 Å². The molecule has 1 aromatic rings. The summed E-state index contributed by atoms with van der Waals surface area (Å²) in [6.45, 7) is 4.16. The molecule has 0 amide bonds. The molecule has 0 aliphatic heterocycles. The first-order chi connectivity index (χ1) is 6.60. The maximum Gasteiger partial charge on any atom is 0.125 e. The fourth-order valence-corrected chi connectivity index (χ4v) is 2.30. The summed E-state index contributed by atoms with van der Waals surface area (Å²) in [6, 6.07) is 1.95. The van der Waals surface area contributed by atoms with Gasteiger partial charge in [0.1, 0.15) is 5.82 Å². The van der Waals surface area contributed by atoms with E-state index in [1.165, 1.54) is 6.42 Å². The zero-order chi connectivity index (χ0) is 10.2. The normalized spacial score (nSPS) is 32.1. The Morgan fingerprint density at radius 2 is 2.36 bits per heavy atom. The molecule has 0 radical (unpaired) electrons. The zero-order valence-corrected chi connectivity index (χ0v) is 8.83. The molecular formula is C11H17N3. The van der Waals surface area contributed by atoms with Crippen LogP contribution >= 0.6 is 0 Å². The molecule has 1 aliphatic rings. The lowest BCUT2D eigenvalue weighted by atomic mass is 9.93. The molecule has 0 spiro atoms. The van der Waals surface area contributed by atoms with Crippen molar-refractivity contribution in [3.63, 3.8) is 0 Å². The Bertz CT molecular complexity index is 337. The van der Waals surface area contributed by atoms with E-state index in [0.717, 1.165) is 30.3 Å². The van der Waals surface area contributed by atoms with Gasteiger partial charge in [-0.2, -0.15) is 0 Å². The van der Waals surface area contributed by atoms with Crippen molar-refractivity contribution < 1.29 is 0 Å². The lowest BCUT2D eigenvalue weighted by molar-refractivity contribution is 0.426. The second-order valence-corrected chi connectivity index (χ2v) is 4.49. The van der Waals surface area contributed by atoms with Crippen molar-refractivity contribution in [1.82, 2.24) is 9.97 Å². The van der Waals surface area contributed by atoms with Crippen molar-refractivity contribution in [3.8, 4) is 0 Å².